The number of guanidine groups is 1. The molecule has 1 rings (SSSR count). The first-order valence-electron chi connectivity index (χ1n) is 7.47. The predicted molar refractivity (Wildman–Crippen MR) is 91.1 cm³/mol. The zero-order chi connectivity index (χ0) is 15.5. The van der Waals surface area contributed by atoms with Crippen LogP contribution in [-0.4, -0.2) is 18.8 Å². The lowest BCUT2D eigenvalue weighted by atomic mass is 10.1. The summed E-state index contributed by atoms with van der Waals surface area (Å²) in [6.07, 6.45) is 6.81. The Balaban J connectivity index is 2.47. The monoisotopic (exact) mass is 311 g/mol. The molecule has 21 heavy (non-hydrogen) atoms. The van der Waals surface area contributed by atoms with Gasteiger partial charge in [0.15, 0.2) is 5.96 Å². The van der Waals surface area contributed by atoms with Gasteiger partial charge in [0.05, 0.1) is 6.54 Å². The number of thioether (sulfide) groups is 1. The standard InChI is InChI=1S/C16H26FN3S/c1-3-4-5-6-9-19-16(18)20-11-13-7-8-15(17)10-14(13)12-21-2/h7-8,10H,3-6,9,11-12H2,1-2H3,(H3,18,19,20). The Morgan fingerprint density at radius 2 is 2.10 bits per heavy atom. The number of nitrogens with zero attached hydrogens (tertiary/aromatic N) is 1. The van der Waals surface area contributed by atoms with E-state index in [9.17, 15) is 4.39 Å². The number of aliphatic imine (C=N–C) groups is 1. The molecule has 1 aromatic rings. The Labute approximate surface area is 131 Å². The molecule has 118 valence electrons. The highest BCUT2D eigenvalue weighted by Gasteiger charge is 2.03. The normalized spacial score (nSPS) is 11.7. The van der Waals surface area contributed by atoms with Crippen molar-refractivity contribution in [1.82, 2.24) is 5.32 Å². The fraction of sp³-hybridized carbons (Fsp3) is 0.562. The van der Waals surface area contributed by atoms with Gasteiger partial charge in [-0.2, -0.15) is 11.8 Å². The van der Waals surface area contributed by atoms with Gasteiger partial charge in [0.1, 0.15) is 5.82 Å². The van der Waals surface area contributed by atoms with Crippen molar-refractivity contribution in [2.45, 2.75) is 44.9 Å². The number of unbranched alkanes of at least 4 members (excludes halogenated alkanes) is 3. The summed E-state index contributed by atoms with van der Waals surface area (Å²) < 4.78 is 13.3. The van der Waals surface area contributed by atoms with E-state index in [-0.39, 0.29) is 5.82 Å². The third-order valence-electron chi connectivity index (χ3n) is 3.22. The van der Waals surface area contributed by atoms with Gasteiger partial charge in [-0.15, -0.1) is 0 Å². The van der Waals surface area contributed by atoms with E-state index in [1.165, 1.54) is 25.3 Å². The van der Waals surface area contributed by atoms with Crippen LogP contribution < -0.4 is 11.1 Å². The minimum Gasteiger partial charge on any atom is -0.370 e. The molecule has 1 aromatic carbocycles. The van der Waals surface area contributed by atoms with Crippen LogP contribution in [0.1, 0.15) is 43.7 Å². The van der Waals surface area contributed by atoms with E-state index in [4.69, 9.17) is 5.73 Å². The Morgan fingerprint density at radius 3 is 2.81 bits per heavy atom. The Bertz CT molecular complexity index is 449. The molecule has 5 heteroatoms. The van der Waals surface area contributed by atoms with Crippen molar-refractivity contribution in [3.8, 4) is 0 Å². The van der Waals surface area contributed by atoms with Crippen LogP contribution in [-0.2, 0) is 12.3 Å². The molecule has 0 saturated heterocycles. The molecule has 0 aliphatic rings. The molecule has 0 atom stereocenters. The molecular formula is C16H26FN3S. The van der Waals surface area contributed by atoms with Crippen LogP contribution in [0.5, 0.6) is 0 Å². The van der Waals surface area contributed by atoms with Crippen LogP contribution in [0.2, 0.25) is 0 Å². The van der Waals surface area contributed by atoms with Crippen molar-refractivity contribution in [1.29, 1.82) is 0 Å². The summed E-state index contributed by atoms with van der Waals surface area (Å²) in [6, 6.07) is 4.84. The van der Waals surface area contributed by atoms with E-state index >= 15 is 0 Å². The van der Waals surface area contributed by atoms with Gasteiger partial charge in [0, 0.05) is 12.3 Å². The quantitative estimate of drug-likeness (QED) is 0.415. The van der Waals surface area contributed by atoms with Crippen molar-refractivity contribution in [2.24, 2.45) is 10.7 Å². The van der Waals surface area contributed by atoms with Crippen LogP contribution in [0, 0.1) is 5.82 Å². The summed E-state index contributed by atoms with van der Waals surface area (Å²) in [6.45, 7) is 3.54. The highest BCUT2D eigenvalue weighted by Crippen LogP contribution is 2.17. The summed E-state index contributed by atoms with van der Waals surface area (Å²) in [5.74, 6) is 1.05. The maximum atomic E-state index is 13.3. The Kier molecular flexibility index (Phi) is 8.90. The van der Waals surface area contributed by atoms with E-state index in [0.29, 0.717) is 12.5 Å². The number of benzene rings is 1. The van der Waals surface area contributed by atoms with Crippen LogP contribution >= 0.6 is 11.8 Å². The van der Waals surface area contributed by atoms with Gasteiger partial charge in [-0.3, -0.25) is 0 Å². The SMILES string of the molecule is CCCCCCNC(N)=NCc1ccc(F)cc1CSC. The van der Waals surface area contributed by atoms with Gasteiger partial charge in [-0.05, 0) is 35.9 Å². The van der Waals surface area contributed by atoms with Crippen LogP contribution in [0.15, 0.2) is 23.2 Å². The zero-order valence-electron chi connectivity index (χ0n) is 13.0. The second-order valence-electron chi connectivity index (χ2n) is 5.03. The van der Waals surface area contributed by atoms with Crippen molar-refractivity contribution < 1.29 is 4.39 Å². The average molecular weight is 311 g/mol. The molecule has 3 N–H and O–H groups in total. The molecule has 0 heterocycles. The molecule has 0 fully saturated rings. The van der Waals surface area contributed by atoms with Gasteiger partial charge in [-0.25, -0.2) is 9.38 Å². The Hall–Kier alpha value is -1.23. The topological polar surface area (TPSA) is 50.4 Å². The molecule has 0 aliphatic carbocycles. The number of hydrogen-bond donors (Lipinski definition) is 2. The van der Waals surface area contributed by atoms with Gasteiger partial charge < -0.3 is 11.1 Å². The second kappa shape index (κ2) is 10.5. The van der Waals surface area contributed by atoms with E-state index in [1.807, 2.05) is 6.26 Å². The van der Waals surface area contributed by atoms with Gasteiger partial charge in [-0.1, -0.05) is 32.3 Å². The summed E-state index contributed by atoms with van der Waals surface area (Å²) in [4.78, 5) is 4.34. The molecule has 0 spiro atoms. The predicted octanol–water partition coefficient (Wildman–Crippen LogP) is 3.67. The van der Waals surface area contributed by atoms with Crippen LogP contribution in [0.25, 0.3) is 0 Å². The lowest BCUT2D eigenvalue weighted by Crippen LogP contribution is -2.32. The maximum absolute atomic E-state index is 13.3. The molecule has 0 aliphatic heterocycles. The van der Waals surface area contributed by atoms with Crippen molar-refractivity contribution in [3.05, 3.63) is 35.1 Å². The highest BCUT2D eigenvalue weighted by atomic mass is 32.2. The number of nitrogens with one attached hydrogen (secondary N) is 1. The number of nitrogens with two attached hydrogens (primary N) is 1. The average Bonchev–Trinajstić information content (AvgIpc) is 2.46. The van der Waals surface area contributed by atoms with Crippen LogP contribution in [0.4, 0.5) is 4.39 Å². The molecule has 0 aromatic heterocycles. The van der Waals surface area contributed by atoms with Crippen molar-refractivity contribution in [2.75, 3.05) is 12.8 Å². The molecule has 0 saturated carbocycles. The third-order valence-corrected chi connectivity index (χ3v) is 3.82. The maximum Gasteiger partial charge on any atom is 0.188 e. The van der Waals surface area contributed by atoms with E-state index in [0.717, 1.165) is 29.8 Å². The lowest BCUT2D eigenvalue weighted by molar-refractivity contribution is 0.625. The fourth-order valence-corrected chi connectivity index (χ4v) is 2.61. The Morgan fingerprint density at radius 1 is 1.29 bits per heavy atom. The second-order valence-corrected chi connectivity index (χ2v) is 5.90. The summed E-state index contributed by atoms with van der Waals surface area (Å²) in [7, 11) is 0. The number of halogens is 1. The first-order valence-corrected chi connectivity index (χ1v) is 8.86. The highest BCUT2D eigenvalue weighted by molar-refractivity contribution is 7.97. The number of rotatable bonds is 9. The summed E-state index contributed by atoms with van der Waals surface area (Å²) in [5.41, 5.74) is 7.87. The summed E-state index contributed by atoms with van der Waals surface area (Å²) >= 11 is 1.67. The number of hydrogen-bond acceptors (Lipinski definition) is 2. The minimum absolute atomic E-state index is 0.200. The van der Waals surface area contributed by atoms with E-state index < -0.39 is 0 Å². The fourth-order valence-electron chi connectivity index (χ4n) is 2.03. The van der Waals surface area contributed by atoms with E-state index in [1.54, 1.807) is 23.9 Å². The molecule has 3 nitrogen and oxygen atoms in total. The van der Waals surface area contributed by atoms with E-state index in [2.05, 4.69) is 17.2 Å². The molecular weight excluding hydrogens is 285 g/mol. The molecule has 0 unspecified atom stereocenters. The molecule has 0 amide bonds. The van der Waals surface area contributed by atoms with Gasteiger partial charge in [0.2, 0.25) is 0 Å². The first kappa shape index (κ1) is 17.8. The van der Waals surface area contributed by atoms with Crippen molar-refractivity contribution in [3.63, 3.8) is 0 Å². The molecule has 0 bridgehead atoms. The first-order chi connectivity index (χ1) is 10.2. The minimum atomic E-state index is -0.200. The van der Waals surface area contributed by atoms with Crippen LogP contribution in [0.3, 0.4) is 0 Å². The van der Waals surface area contributed by atoms with Gasteiger partial charge >= 0.3 is 0 Å². The third kappa shape index (κ3) is 7.37. The largest absolute Gasteiger partial charge is 0.370 e. The lowest BCUT2D eigenvalue weighted by Gasteiger charge is -2.08. The smallest absolute Gasteiger partial charge is 0.188 e. The van der Waals surface area contributed by atoms with Crippen molar-refractivity contribution >= 4 is 17.7 Å². The van der Waals surface area contributed by atoms with Gasteiger partial charge in [0.25, 0.3) is 0 Å². The zero-order valence-corrected chi connectivity index (χ0v) is 13.8. The molecule has 0 radical (unpaired) electrons. The summed E-state index contributed by atoms with van der Waals surface area (Å²) in [5, 5.41) is 3.12.